The number of thioether (sulfide) groups is 1. The van der Waals surface area contributed by atoms with Crippen molar-refractivity contribution in [3.05, 3.63) is 29.8 Å². The van der Waals surface area contributed by atoms with Crippen LogP contribution >= 0.6 is 11.8 Å². The van der Waals surface area contributed by atoms with Crippen LogP contribution in [0.15, 0.2) is 29.2 Å². The van der Waals surface area contributed by atoms with E-state index in [0.717, 1.165) is 24.1 Å². The number of H-pyrrole nitrogens is 1. The number of aromatic nitrogens is 2. The zero-order chi connectivity index (χ0) is 12.3. The van der Waals surface area contributed by atoms with Crippen LogP contribution in [0.1, 0.15) is 18.9 Å². The van der Waals surface area contributed by atoms with Crippen molar-refractivity contribution in [3.63, 3.8) is 0 Å². The first-order chi connectivity index (χ1) is 8.27. The van der Waals surface area contributed by atoms with Gasteiger partial charge in [0.2, 0.25) is 0 Å². The summed E-state index contributed by atoms with van der Waals surface area (Å²) in [6.45, 7) is 2.15. The normalized spacial score (nSPS) is 10.7. The topological polar surface area (TPSA) is 54.7 Å². The Bertz CT molecular complexity index is 505. The summed E-state index contributed by atoms with van der Waals surface area (Å²) in [5.41, 5.74) is 9.29. The quantitative estimate of drug-likeness (QED) is 0.815. The molecule has 0 fully saturated rings. The molecule has 3 nitrogen and oxygen atoms in total. The number of rotatable bonds is 4. The highest BCUT2D eigenvalue weighted by molar-refractivity contribution is 7.98. The van der Waals surface area contributed by atoms with Gasteiger partial charge in [-0.25, -0.2) is 0 Å². The summed E-state index contributed by atoms with van der Waals surface area (Å²) in [5.74, 6) is 0.623. The minimum absolute atomic E-state index is 0.623. The Morgan fingerprint density at radius 1 is 1.35 bits per heavy atom. The van der Waals surface area contributed by atoms with Crippen LogP contribution in [-0.4, -0.2) is 16.5 Å². The Labute approximate surface area is 106 Å². The molecule has 0 atom stereocenters. The number of anilines is 1. The van der Waals surface area contributed by atoms with E-state index in [1.165, 1.54) is 10.5 Å². The molecule has 2 aromatic rings. The second-order valence-electron chi connectivity index (χ2n) is 3.91. The smallest absolute Gasteiger partial charge is 0.149 e. The van der Waals surface area contributed by atoms with Crippen LogP contribution in [0.25, 0.3) is 11.3 Å². The molecule has 3 N–H and O–H groups in total. The molecule has 2 rings (SSSR count). The lowest BCUT2D eigenvalue weighted by Gasteiger charge is -2.07. The highest BCUT2D eigenvalue weighted by atomic mass is 32.2. The highest BCUT2D eigenvalue weighted by Gasteiger charge is 2.14. The van der Waals surface area contributed by atoms with E-state index in [0.29, 0.717) is 5.82 Å². The maximum absolute atomic E-state index is 5.91. The van der Waals surface area contributed by atoms with E-state index < -0.39 is 0 Å². The zero-order valence-corrected chi connectivity index (χ0v) is 11.0. The summed E-state index contributed by atoms with van der Waals surface area (Å²) >= 11 is 1.74. The molecule has 17 heavy (non-hydrogen) atoms. The number of aromatic amines is 1. The molecule has 0 bridgehead atoms. The number of nitrogens with one attached hydrogen (secondary N) is 1. The van der Waals surface area contributed by atoms with Crippen LogP contribution in [0, 0.1) is 0 Å². The molecule has 0 aliphatic heterocycles. The van der Waals surface area contributed by atoms with Gasteiger partial charge < -0.3 is 5.73 Å². The van der Waals surface area contributed by atoms with Crippen molar-refractivity contribution >= 4 is 17.6 Å². The molecule has 1 aromatic heterocycles. The predicted octanol–water partition coefficient (Wildman–Crippen LogP) is 3.33. The molecule has 1 heterocycles. The first-order valence-corrected chi connectivity index (χ1v) is 6.96. The van der Waals surface area contributed by atoms with Crippen molar-refractivity contribution in [1.29, 1.82) is 0 Å². The molecule has 1 aromatic carbocycles. The molecular weight excluding hydrogens is 230 g/mol. The fourth-order valence-corrected chi connectivity index (χ4v) is 2.56. The molecule has 0 radical (unpaired) electrons. The Morgan fingerprint density at radius 3 is 2.82 bits per heavy atom. The number of nitrogens with two attached hydrogens (primary N) is 1. The number of benzene rings is 1. The highest BCUT2D eigenvalue weighted by Crippen LogP contribution is 2.33. The van der Waals surface area contributed by atoms with Crippen molar-refractivity contribution in [2.24, 2.45) is 0 Å². The molecule has 0 unspecified atom stereocenters. The largest absolute Gasteiger partial charge is 0.382 e. The average Bonchev–Trinajstić information content (AvgIpc) is 2.72. The second-order valence-corrected chi connectivity index (χ2v) is 4.76. The third-order valence-electron chi connectivity index (χ3n) is 2.78. The van der Waals surface area contributed by atoms with Gasteiger partial charge in [-0.1, -0.05) is 31.5 Å². The average molecular weight is 247 g/mol. The Kier molecular flexibility index (Phi) is 3.74. The molecule has 90 valence electrons. The van der Waals surface area contributed by atoms with Crippen LogP contribution < -0.4 is 5.73 Å². The van der Waals surface area contributed by atoms with E-state index in [1.54, 1.807) is 11.8 Å². The van der Waals surface area contributed by atoms with Gasteiger partial charge in [-0.3, -0.25) is 5.10 Å². The fraction of sp³-hybridized carbons (Fsp3) is 0.308. The molecule has 0 spiro atoms. The fourth-order valence-electron chi connectivity index (χ4n) is 1.96. The minimum Gasteiger partial charge on any atom is -0.382 e. The number of nitrogen functional groups attached to an aromatic ring is 1. The van der Waals surface area contributed by atoms with Gasteiger partial charge in [0.25, 0.3) is 0 Å². The van der Waals surface area contributed by atoms with E-state index in [2.05, 4.69) is 41.6 Å². The number of nitrogens with zero attached hydrogens (tertiary/aromatic N) is 1. The molecule has 4 heteroatoms. The third kappa shape index (κ3) is 2.31. The summed E-state index contributed by atoms with van der Waals surface area (Å²) in [5, 5.41) is 7.19. The van der Waals surface area contributed by atoms with Crippen molar-refractivity contribution in [2.45, 2.75) is 24.7 Å². The molecule has 0 aliphatic carbocycles. The first-order valence-electron chi connectivity index (χ1n) is 5.74. The summed E-state index contributed by atoms with van der Waals surface area (Å²) in [4.78, 5) is 1.24. The summed E-state index contributed by atoms with van der Waals surface area (Å²) in [6.07, 6.45) is 4.11. The van der Waals surface area contributed by atoms with E-state index in [9.17, 15) is 0 Å². The standard InChI is InChI=1S/C13H17N3S/c1-3-6-10-12(15-16-13(10)14)9-7-4-5-8-11(9)17-2/h4-5,7-8H,3,6H2,1-2H3,(H3,14,15,16). The van der Waals surface area contributed by atoms with Crippen LogP contribution in [0.2, 0.25) is 0 Å². The monoisotopic (exact) mass is 247 g/mol. The van der Waals surface area contributed by atoms with Crippen LogP contribution in [-0.2, 0) is 6.42 Å². The van der Waals surface area contributed by atoms with E-state index in [4.69, 9.17) is 5.73 Å². The van der Waals surface area contributed by atoms with Crippen LogP contribution in [0.5, 0.6) is 0 Å². The van der Waals surface area contributed by atoms with Gasteiger partial charge in [-0.15, -0.1) is 11.8 Å². The molecule has 0 amide bonds. The number of hydrogen-bond acceptors (Lipinski definition) is 3. The summed E-state index contributed by atoms with van der Waals surface area (Å²) < 4.78 is 0. The Balaban J connectivity index is 2.52. The molecule has 0 saturated carbocycles. The third-order valence-corrected chi connectivity index (χ3v) is 3.57. The van der Waals surface area contributed by atoms with Crippen LogP contribution in [0.3, 0.4) is 0 Å². The van der Waals surface area contributed by atoms with E-state index in [1.807, 2.05) is 6.07 Å². The zero-order valence-electron chi connectivity index (χ0n) is 10.2. The van der Waals surface area contributed by atoms with Crippen LogP contribution in [0.4, 0.5) is 5.82 Å². The lowest BCUT2D eigenvalue weighted by molar-refractivity contribution is 0.926. The molecule has 0 aliphatic rings. The summed E-state index contributed by atoms with van der Waals surface area (Å²) in [7, 11) is 0. The lowest BCUT2D eigenvalue weighted by atomic mass is 10.0. The second kappa shape index (κ2) is 5.27. The SMILES string of the molecule is CCCc1c(N)n[nH]c1-c1ccccc1SC. The molecule has 0 saturated heterocycles. The van der Waals surface area contributed by atoms with Crippen molar-refractivity contribution in [1.82, 2.24) is 10.2 Å². The molecular formula is C13H17N3S. The Morgan fingerprint density at radius 2 is 2.12 bits per heavy atom. The van der Waals surface area contributed by atoms with Gasteiger partial charge in [0, 0.05) is 16.0 Å². The van der Waals surface area contributed by atoms with Gasteiger partial charge in [0.1, 0.15) is 5.82 Å². The van der Waals surface area contributed by atoms with E-state index in [-0.39, 0.29) is 0 Å². The van der Waals surface area contributed by atoms with Crippen molar-refractivity contribution in [3.8, 4) is 11.3 Å². The van der Waals surface area contributed by atoms with Crippen molar-refractivity contribution < 1.29 is 0 Å². The lowest BCUT2D eigenvalue weighted by Crippen LogP contribution is -1.93. The number of hydrogen-bond donors (Lipinski definition) is 2. The van der Waals surface area contributed by atoms with Gasteiger partial charge in [-0.05, 0) is 18.7 Å². The van der Waals surface area contributed by atoms with Gasteiger partial charge in [0.05, 0.1) is 5.69 Å². The first kappa shape index (κ1) is 12.0. The van der Waals surface area contributed by atoms with E-state index >= 15 is 0 Å². The van der Waals surface area contributed by atoms with Gasteiger partial charge in [-0.2, -0.15) is 5.10 Å². The maximum Gasteiger partial charge on any atom is 0.149 e. The van der Waals surface area contributed by atoms with Gasteiger partial charge >= 0.3 is 0 Å². The Hall–Kier alpha value is -1.42. The minimum atomic E-state index is 0.623. The van der Waals surface area contributed by atoms with Gasteiger partial charge in [0.15, 0.2) is 0 Å². The predicted molar refractivity (Wildman–Crippen MR) is 74.2 cm³/mol. The summed E-state index contributed by atoms with van der Waals surface area (Å²) in [6, 6.07) is 8.32. The maximum atomic E-state index is 5.91. The van der Waals surface area contributed by atoms with Crippen molar-refractivity contribution in [2.75, 3.05) is 12.0 Å².